The first-order valence-corrected chi connectivity index (χ1v) is 8.44. The number of rotatable bonds is 6. The lowest BCUT2D eigenvalue weighted by Gasteiger charge is -2.30. The molecule has 0 unspecified atom stereocenters. The predicted molar refractivity (Wildman–Crippen MR) is 89.1 cm³/mol. The molecular weight excluding hydrogens is 290 g/mol. The van der Waals surface area contributed by atoms with Crippen molar-refractivity contribution in [2.24, 2.45) is 5.92 Å². The van der Waals surface area contributed by atoms with E-state index in [0.29, 0.717) is 19.8 Å². The van der Waals surface area contributed by atoms with E-state index in [1.165, 1.54) is 5.56 Å². The minimum atomic E-state index is 0.0198. The van der Waals surface area contributed by atoms with E-state index in [4.69, 9.17) is 9.47 Å². The summed E-state index contributed by atoms with van der Waals surface area (Å²) in [7, 11) is 0. The zero-order valence-electron chi connectivity index (χ0n) is 13.5. The molecule has 0 aliphatic carbocycles. The highest BCUT2D eigenvalue weighted by atomic mass is 16.5. The van der Waals surface area contributed by atoms with Crippen molar-refractivity contribution in [3.63, 3.8) is 0 Å². The van der Waals surface area contributed by atoms with Gasteiger partial charge in [-0.2, -0.15) is 0 Å². The van der Waals surface area contributed by atoms with E-state index in [2.05, 4.69) is 18.7 Å². The number of carbonyl (C=O) groups excluding carboxylic acids is 1. The van der Waals surface area contributed by atoms with Crippen molar-refractivity contribution in [3.05, 3.63) is 48.6 Å². The first-order chi connectivity index (χ1) is 11.3. The number of benzene rings is 1. The van der Waals surface area contributed by atoms with Gasteiger partial charge in [-0.25, -0.2) is 0 Å². The first kappa shape index (κ1) is 16.2. The molecule has 2 heterocycles. The summed E-state index contributed by atoms with van der Waals surface area (Å²) in [6, 6.07) is 10.4. The number of hydrogen-bond acceptors (Lipinski definition) is 3. The van der Waals surface area contributed by atoms with Crippen molar-refractivity contribution < 1.29 is 14.3 Å². The van der Waals surface area contributed by atoms with Gasteiger partial charge in [-0.1, -0.05) is 36.4 Å². The maximum absolute atomic E-state index is 12.8. The second-order valence-corrected chi connectivity index (χ2v) is 6.30. The Labute approximate surface area is 138 Å². The Hall–Kier alpha value is -1.65. The summed E-state index contributed by atoms with van der Waals surface area (Å²) in [5.74, 6) is 0.250. The summed E-state index contributed by atoms with van der Waals surface area (Å²) in [5.41, 5.74) is 1.24. The summed E-state index contributed by atoms with van der Waals surface area (Å²) in [6.07, 6.45) is 4.42. The predicted octanol–water partition coefficient (Wildman–Crippen LogP) is 2.44. The van der Waals surface area contributed by atoms with Gasteiger partial charge in [0.2, 0.25) is 5.91 Å². The summed E-state index contributed by atoms with van der Waals surface area (Å²) in [4.78, 5) is 14.9. The van der Waals surface area contributed by atoms with E-state index in [-0.39, 0.29) is 24.0 Å². The van der Waals surface area contributed by atoms with Crippen LogP contribution in [0.25, 0.3) is 0 Å². The van der Waals surface area contributed by atoms with Crippen molar-refractivity contribution >= 4 is 5.91 Å². The molecule has 1 aromatic carbocycles. The van der Waals surface area contributed by atoms with Crippen LogP contribution in [-0.2, 0) is 20.7 Å². The topological polar surface area (TPSA) is 38.8 Å². The molecular formula is C19H25NO3. The van der Waals surface area contributed by atoms with E-state index in [1.807, 2.05) is 23.1 Å². The van der Waals surface area contributed by atoms with Gasteiger partial charge in [0.15, 0.2) is 0 Å². The van der Waals surface area contributed by atoms with Gasteiger partial charge in [-0.3, -0.25) is 4.79 Å². The Kier molecular flexibility index (Phi) is 5.47. The van der Waals surface area contributed by atoms with Crippen LogP contribution in [0.1, 0.15) is 18.4 Å². The normalized spacial score (nSPS) is 27.3. The van der Waals surface area contributed by atoms with Crippen LogP contribution in [0.4, 0.5) is 0 Å². The third kappa shape index (κ3) is 3.82. The Morgan fingerprint density at radius 1 is 1.35 bits per heavy atom. The van der Waals surface area contributed by atoms with Crippen molar-refractivity contribution in [3.8, 4) is 0 Å². The third-order valence-electron chi connectivity index (χ3n) is 4.76. The molecule has 3 rings (SSSR count). The molecule has 1 aromatic rings. The highest BCUT2D eigenvalue weighted by molar-refractivity contribution is 5.80. The molecule has 2 aliphatic rings. The number of likely N-dealkylation sites (tertiary alicyclic amines) is 1. The van der Waals surface area contributed by atoms with Gasteiger partial charge in [-0.05, 0) is 24.8 Å². The van der Waals surface area contributed by atoms with E-state index in [9.17, 15) is 4.79 Å². The first-order valence-electron chi connectivity index (χ1n) is 8.44. The number of amides is 1. The molecule has 4 nitrogen and oxygen atoms in total. The average molecular weight is 315 g/mol. The molecule has 2 fully saturated rings. The Morgan fingerprint density at radius 2 is 2.17 bits per heavy atom. The summed E-state index contributed by atoms with van der Waals surface area (Å²) < 4.78 is 11.3. The van der Waals surface area contributed by atoms with E-state index in [0.717, 1.165) is 25.8 Å². The van der Waals surface area contributed by atoms with Crippen molar-refractivity contribution in [2.75, 3.05) is 26.4 Å². The molecule has 0 N–H and O–H groups in total. The van der Waals surface area contributed by atoms with E-state index < -0.39 is 0 Å². The molecule has 1 amide bonds. The van der Waals surface area contributed by atoms with Gasteiger partial charge < -0.3 is 14.4 Å². The molecule has 124 valence electrons. The Morgan fingerprint density at radius 3 is 2.87 bits per heavy atom. The summed E-state index contributed by atoms with van der Waals surface area (Å²) >= 11 is 0. The smallest absolute Gasteiger partial charge is 0.228 e. The standard InChI is InChI=1S/C19H25NO3/c1-2-11-23-18-8-10-20(19(21)16-9-12-22-14-16)17(18)13-15-6-4-3-5-7-15/h2-7,16-18H,1,8-14H2/t16-,17+,18+/m1/s1. The fourth-order valence-corrected chi connectivity index (χ4v) is 3.55. The van der Waals surface area contributed by atoms with Crippen LogP contribution in [0.2, 0.25) is 0 Å². The summed E-state index contributed by atoms with van der Waals surface area (Å²) in [6.45, 7) is 6.29. The van der Waals surface area contributed by atoms with Crippen LogP contribution in [-0.4, -0.2) is 49.3 Å². The van der Waals surface area contributed by atoms with Crippen molar-refractivity contribution in [1.29, 1.82) is 0 Å². The minimum absolute atomic E-state index is 0.0198. The molecule has 0 aromatic heterocycles. The number of carbonyl (C=O) groups is 1. The van der Waals surface area contributed by atoms with Crippen molar-refractivity contribution in [2.45, 2.75) is 31.4 Å². The molecule has 2 aliphatic heterocycles. The lowest BCUT2D eigenvalue weighted by atomic mass is 10.0. The van der Waals surface area contributed by atoms with Crippen LogP contribution in [0.3, 0.4) is 0 Å². The SMILES string of the molecule is C=CCO[C@H]1CCN(C(=O)[C@@H]2CCOC2)[C@H]1Cc1ccccc1. The van der Waals surface area contributed by atoms with Gasteiger partial charge in [0.05, 0.1) is 31.3 Å². The third-order valence-corrected chi connectivity index (χ3v) is 4.76. The molecule has 0 saturated carbocycles. The van der Waals surface area contributed by atoms with Crippen LogP contribution in [0.15, 0.2) is 43.0 Å². The van der Waals surface area contributed by atoms with Gasteiger partial charge in [0.1, 0.15) is 0 Å². The summed E-state index contributed by atoms with van der Waals surface area (Å²) in [5, 5.41) is 0. The number of hydrogen-bond donors (Lipinski definition) is 0. The highest BCUT2D eigenvalue weighted by Gasteiger charge is 2.40. The maximum Gasteiger partial charge on any atom is 0.228 e. The quantitative estimate of drug-likeness (QED) is 0.757. The van der Waals surface area contributed by atoms with E-state index in [1.54, 1.807) is 6.08 Å². The molecule has 0 spiro atoms. The molecule has 23 heavy (non-hydrogen) atoms. The second-order valence-electron chi connectivity index (χ2n) is 6.30. The molecule has 3 atom stereocenters. The second kappa shape index (κ2) is 7.75. The average Bonchev–Trinajstić information content (AvgIpc) is 3.24. The van der Waals surface area contributed by atoms with E-state index >= 15 is 0 Å². The molecule has 4 heteroatoms. The van der Waals surface area contributed by atoms with Gasteiger partial charge in [-0.15, -0.1) is 6.58 Å². The van der Waals surface area contributed by atoms with Crippen LogP contribution < -0.4 is 0 Å². The lowest BCUT2D eigenvalue weighted by molar-refractivity contribution is -0.137. The van der Waals surface area contributed by atoms with Gasteiger partial charge >= 0.3 is 0 Å². The van der Waals surface area contributed by atoms with Crippen molar-refractivity contribution in [1.82, 2.24) is 4.90 Å². The minimum Gasteiger partial charge on any atom is -0.381 e. The Balaban J connectivity index is 1.73. The van der Waals surface area contributed by atoms with Gasteiger partial charge in [0.25, 0.3) is 0 Å². The fraction of sp³-hybridized carbons (Fsp3) is 0.526. The molecule has 0 bridgehead atoms. The zero-order valence-corrected chi connectivity index (χ0v) is 13.5. The molecule has 2 saturated heterocycles. The maximum atomic E-state index is 12.8. The zero-order chi connectivity index (χ0) is 16.1. The van der Waals surface area contributed by atoms with Crippen LogP contribution in [0, 0.1) is 5.92 Å². The largest absolute Gasteiger partial charge is 0.381 e. The van der Waals surface area contributed by atoms with Crippen LogP contribution >= 0.6 is 0 Å². The van der Waals surface area contributed by atoms with Gasteiger partial charge in [0, 0.05) is 13.2 Å². The number of ether oxygens (including phenoxy) is 2. The highest BCUT2D eigenvalue weighted by Crippen LogP contribution is 2.28. The lowest BCUT2D eigenvalue weighted by Crippen LogP contribution is -2.44. The Bertz CT molecular complexity index is 525. The fourth-order valence-electron chi connectivity index (χ4n) is 3.55. The molecule has 0 radical (unpaired) electrons. The van der Waals surface area contributed by atoms with Crippen LogP contribution in [0.5, 0.6) is 0 Å². The monoisotopic (exact) mass is 315 g/mol. The number of nitrogens with zero attached hydrogens (tertiary/aromatic N) is 1.